The fourth-order valence-electron chi connectivity index (χ4n) is 3.01. The van der Waals surface area contributed by atoms with E-state index < -0.39 is 4.92 Å². The Morgan fingerprint density at radius 1 is 1.15 bits per heavy atom. The van der Waals surface area contributed by atoms with Crippen molar-refractivity contribution >= 4 is 27.4 Å². The van der Waals surface area contributed by atoms with Crippen LogP contribution < -0.4 is 4.74 Å². The van der Waals surface area contributed by atoms with Crippen molar-refractivity contribution in [1.82, 2.24) is 4.57 Å². The largest absolute Gasteiger partial charge is 0.478 e. The Hall–Kier alpha value is -2.93. The molecule has 0 radical (unpaired) electrons. The molecule has 2 aromatic carbocycles. The van der Waals surface area contributed by atoms with Crippen LogP contribution in [0.5, 0.6) is 5.75 Å². The Morgan fingerprint density at radius 3 is 2.59 bits per heavy atom. The molecule has 27 heavy (non-hydrogen) atoms. The van der Waals surface area contributed by atoms with Crippen LogP contribution in [0.1, 0.15) is 21.7 Å². The molecule has 1 aromatic heterocycles. The summed E-state index contributed by atoms with van der Waals surface area (Å²) in [7, 11) is 0. The van der Waals surface area contributed by atoms with Crippen LogP contribution in [0.25, 0.3) is 5.69 Å². The van der Waals surface area contributed by atoms with Crippen LogP contribution in [0, 0.1) is 24.0 Å². The molecule has 0 aliphatic carbocycles. The van der Waals surface area contributed by atoms with Gasteiger partial charge < -0.3 is 9.30 Å². The number of aromatic nitrogens is 1. The van der Waals surface area contributed by atoms with Gasteiger partial charge in [0, 0.05) is 33.2 Å². The number of nitrogens with zero attached hydrogens (tertiary/aromatic N) is 2. The first-order valence-electron chi connectivity index (χ1n) is 8.23. The van der Waals surface area contributed by atoms with Gasteiger partial charge in [0.25, 0.3) is 0 Å². The molecule has 0 N–H and O–H groups in total. The molecule has 3 aromatic rings. The summed E-state index contributed by atoms with van der Waals surface area (Å²) < 4.78 is 8.37. The zero-order valence-corrected chi connectivity index (χ0v) is 16.4. The number of aryl methyl sites for hydroxylation is 1. The Balaban J connectivity index is 1.85. The molecule has 0 aliphatic heterocycles. The van der Waals surface area contributed by atoms with Crippen LogP contribution in [0.2, 0.25) is 0 Å². The number of ketones is 1. The molecule has 0 fully saturated rings. The summed E-state index contributed by atoms with van der Waals surface area (Å²) in [4.78, 5) is 23.2. The number of para-hydroxylation sites is 2. The number of benzene rings is 2. The fourth-order valence-corrected chi connectivity index (χ4v) is 3.40. The minimum atomic E-state index is -0.529. The Kier molecular flexibility index (Phi) is 5.41. The van der Waals surface area contributed by atoms with Crippen LogP contribution in [0.3, 0.4) is 0 Å². The monoisotopic (exact) mass is 428 g/mol. The van der Waals surface area contributed by atoms with E-state index in [-0.39, 0.29) is 23.8 Å². The average Bonchev–Trinajstić information content (AvgIpc) is 2.94. The van der Waals surface area contributed by atoms with Gasteiger partial charge in [-0.25, -0.2) is 0 Å². The lowest BCUT2D eigenvalue weighted by Crippen LogP contribution is -2.13. The van der Waals surface area contributed by atoms with E-state index in [9.17, 15) is 14.9 Å². The van der Waals surface area contributed by atoms with Crippen molar-refractivity contribution in [1.29, 1.82) is 0 Å². The summed E-state index contributed by atoms with van der Waals surface area (Å²) in [6.45, 7) is 3.52. The van der Waals surface area contributed by atoms with E-state index in [0.29, 0.717) is 5.56 Å². The second-order valence-corrected chi connectivity index (χ2v) is 6.95. The first-order valence-corrected chi connectivity index (χ1v) is 9.02. The third-order valence-corrected chi connectivity index (χ3v) is 4.71. The SMILES string of the molecule is Cc1cc(C(=O)COc2ccccc2[N+](=O)[O-])c(C)n1-c1cccc(Br)c1. The van der Waals surface area contributed by atoms with E-state index in [1.807, 2.05) is 42.7 Å². The highest BCUT2D eigenvalue weighted by molar-refractivity contribution is 9.10. The molecule has 7 heteroatoms. The lowest BCUT2D eigenvalue weighted by Gasteiger charge is -2.10. The van der Waals surface area contributed by atoms with Crippen LogP contribution in [0.4, 0.5) is 5.69 Å². The minimum absolute atomic E-state index is 0.0802. The highest BCUT2D eigenvalue weighted by Crippen LogP contribution is 2.27. The van der Waals surface area contributed by atoms with Crippen molar-refractivity contribution in [3.05, 3.63) is 86.1 Å². The average molecular weight is 429 g/mol. The van der Waals surface area contributed by atoms with E-state index in [4.69, 9.17) is 4.74 Å². The number of halogens is 1. The lowest BCUT2D eigenvalue weighted by atomic mass is 10.1. The Bertz CT molecular complexity index is 1030. The second-order valence-electron chi connectivity index (χ2n) is 6.04. The second kappa shape index (κ2) is 7.75. The number of hydrogen-bond donors (Lipinski definition) is 0. The number of carbonyl (C=O) groups excluding carboxylic acids is 1. The highest BCUT2D eigenvalue weighted by Gasteiger charge is 2.19. The number of Topliss-reactive ketones (excluding diaryl/α,β-unsaturated/α-hetero) is 1. The number of hydrogen-bond acceptors (Lipinski definition) is 4. The summed E-state index contributed by atoms with van der Waals surface area (Å²) in [5.74, 6) is -0.154. The van der Waals surface area contributed by atoms with Gasteiger partial charge in [-0.15, -0.1) is 0 Å². The van der Waals surface area contributed by atoms with E-state index in [2.05, 4.69) is 15.9 Å². The molecule has 0 spiro atoms. The molecule has 0 unspecified atom stereocenters. The Labute approximate surface area is 164 Å². The quantitative estimate of drug-likeness (QED) is 0.313. The van der Waals surface area contributed by atoms with Gasteiger partial charge >= 0.3 is 5.69 Å². The lowest BCUT2D eigenvalue weighted by molar-refractivity contribution is -0.385. The maximum atomic E-state index is 12.7. The van der Waals surface area contributed by atoms with E-state index in [1.54, 1.807) is 18.2 Å². The third kappa shape index (κ3) is 3.93. The summed E-state index contributed by atoms with van der Waals surface area (Å²) >= 11 is 3.46. The van der Waals surface area contributed by atoms with Crippen molar-refractivity contribution in [2.24, 2.45) is 0 Å². The summed E-state index contributed by atoms with van der Waals surface area (Å²) in [6.07, 6.45) is 0. The highest BCUT2D eigenvalue weighted by atomic mass is 79.9. The zero-order valence-electron chi connectivity index (χ0n) is 14.8. The normalized spacial score (nSPS) is 10.6. The number of carbonyl (C=O) groups is 1. The number of rotatable bonds is 6. The van der Waals surface area contributed by atoms with Crippen molar-refractivity contribution in [2.75, 3.05) is 6.61 Å². The van der Waals surface area contributed by atoms with E-state index in [0.717, 1.165) is 21.5 Å². The van der Waals surface area contributed by atoms with Crippen molar-refractivity contribution < 1.29 is 14.5 Å². The van der Waals surface area contributed by atoms with Gasteiger partial charge in [-0.2, -0.15) is 0 Å². The maximum Gasteiger partial charge on any atom is 0.310 e. The van der Waals surface area contributed by atoms with Crippen LogP contribution in [-0.2, 0) is 0 Å². The third-order valence-electron chi connectivity index (χ3n) is 4.22. The smallest absolute Gasteiger partial charge is 0.310 e. The molecule has 0 amide bonds. The van der Waals surface area contributed by atoms with Crippen molar-refractivity contribution in [3.8, 4) is 11.4 Å². The van der Waals surface area contributed by atoms with Gasteiger partial charge in [-0.05, 0) is 44.2 Å². The molecule has 6 nitrogen and oxygen atoms in total. The predicted octanol–water partition coefficient (Wildman–Crippen LogP) is 5.03. The topological polar surface area (TPSA) is 74.4 Å². The van der Waals surface area contributed by atoms with Gasteiger partial charge in [0.2, 0.25) is 5.78 Å². The number of ether oxygens (including phenoxy) is 1. The van der Waals surface area contributed by atoms with E-state index >= 15 is 0 Å². The first kappa shape index (κ1) is 18.8. The van der Waals surface area contributed by atoms with Gasteiger partial charge in [-0.1, -0.05) is 34.1 Å². The Morgan fingerprint density at radius 2 is 1.89 bits per heavy atom. The minimum Gasteiger partial charge on any atom is -0.478 e. The van der Waals surface area contributed by atoms with Crippen molar-refractivity contribution in [3.63, 3.8) is 0 Å². The summed E-state index contributed by atoms with van der Waals surface area (Å²) in [5, 5.41) is 11.1. The molecule has 0 saturated heterocycles. The molecule has 3 rings (SSSR count). The maximum absolute atomic E-state index is 12.7. The van der Waals surface area contributed by atoms with Crippen LogP contribution in [0.15, 0.2) is 59.1 Å². The summed E-state index contributed by atoms with van der Waals surface area (Å²) in [5.41, 5.74) is 3.02. The molecule has 0 saturated carbocycles. The van der Waals surface area contributed by atoms with Gasteiger partial charge in [-0.3, -0.25) is 14.9 Å². The van der Waals surface area contributed by atoms with Gasteiger partial charge in [0.15, 0.2) is 12.4 Å². The molecular formula is C20H17BrN2O4. The number of nitro benzene ring substituents is 1. The standard InChI is InChI=1S/C20H17BrN2O4/c1-13-10-17(14(2)22(13)16-7-5-6-15(21)11-16)19(24)12-27-20-9-4-3-8-18(20)23(25)26/h3-11H,12H2,1-2H3. The van der Waals surface area contributed by atoms with Gasteiger partial charge in [0.1, 0.15) is 0 Å². The molecular weight excluding hydrogens is 412 g/mol. The van der Waals surface area contributed by atoms with Gasteiger partial charge in [0.05, 0.1) is 4.92 Å². The molecule has 138 valence electrons. The fraction of sp³-hybridized carbons (Fsp3) is 0.150. The summed E-state index contributed by atoms with van der Waals surface area (Å²) in [6, 6.07) is 15.6. The predicted molar refractivity (Wildman–Crippen MR) is 106 cm³/mol. The molecule has 1 heterocycles. The van der Waals surface area contributed by atoms with Crippen molar-refractivity contribution in [2.45, 2.75) is 13.8 Å². The molecule has 0 bridgehead atoms. The van der Waals surface area contributed by atoms with E-state index in [1.165, 1.54) is 12.1 Å². The number of nitro groups is 1. The van der Waals surface area contributed by atoms with Crippen LogP contribution >= 0.6 is 15.9 Å². The first-order chi connectivity index (χ1) is 12.9. The van der Waals surface area contributed by atoms with Crippen LogP contribution in [-0.4, -0.2) is 21.9 Å². The molecule has 0 atom stereocenters. The molecule has 0 aliphatic rings. The zero-order chi connectivity index (χ0) is 19.6.